The Morgan fingerprint density at radius 3 is 2.31 bits per heavy atom. The van der Waals surface area contributed by atoms with Crippen LogP contribution in [-0.4, -0.2) is 23.1 Å². The Kier molecular flexibility index (Phi) is 5.16. The summed E-state index contributed by atoms with van der Waals surface area (Å²) in [6.45, 7) is 2.49. The van der Waals surface area contributed by atoms with Crippen LogP contribution in [0.15, 0.2) is 66.9 Å². The van der Waals surface area contributed by atoms with Crippen molar-refractivity contribution in [3.05, 3.63) is 72.7 Å². The Labute approximate surface area is 168 Å². The van der Waals surface area contributed by atoms with E-state index in [2.05, 4.69) is 10.3 Å². The monoisotopic (exact) mass is 392 g/mol. The van der Waals surface area contributed by atoms with Crippen LogP contribution in [0.25, 0.3) is 11.1 Å². The predicted molar refractivity (Wildman–Crippen MR) is 108 cm³/mol. The first kappa shape index (κ1) is 18.9. The van der Waals surface area contributed by atoms with Gasteiger partial charge in [0.2, 0.25) is 5.88 Å². The first-order valence-corrected chi connectivity index (χ1v) is 9.53. The van der Waals surface area contributed by atoms with E-state index in [1.807, 2.05) is 43.3 Å². The van der Waals surface area contributed by atoms with Crippen molar-refractivity contribution in [1.82, 2.24) is 4.98 Å². The van der Waals surface area contributed by atoms with Gasteiger partial charge in [-0.2, -0.15) is 0 Å². The SMILES string of the molecule is CCOc1ccc(-c2ccc(NC(=O)C3(Oc4ccc(F)cc4)CC3)cc2)cn1. The standard InChI is InChI=1S/C23H21FN2O3/c1-2-28-21-12-5-17(15-25-21)16-3-8-19(9-4-16)26-22(27)23(13-14-23)29-20-10-6-18(24)7-11-20/h3-12,15H,2,13-14H2,1H3,(H,26,27). The van der Waals surface area contributed by atoms with Crippen molar-refractivity contribution in [2.24, 2.45) is 0 Å². The smallest absolute Gasteiger partial charge is 0.268 e. The minimum atomic E-state index is -0.879. The summed E-state index contributed by atoms with van der Waals surface area (Å²) in [6, 6.07) is 17.0. The number of nitrogens with one attached hydrogen (secondary N) is 1. The molecule has 29 heavy (non-hydrogen) atoms. The van der Waals surface area contributed by atoms with Gasteiger partial charge in [0.15, 0.2) is 5.60 Å². The largest absolute Gasteiger partial charge is 0.478 e. The van der Waals surface area contributed by atoms with Crippen LogP contribution in [0.5, 0.6) is 11.6 Å². The lowest BCUT2D eigenvalue weighted by molar-refractivity contribution is -0.124. The average Bonchev–Trinajstić information content (AvgIpc) is 3.52. The average molecular weight is 392 g/mol. The maximum absolute atomic E-state index is 13.0. The van der Waals surface area contributed by atoms with Gasteiger partial charge in [0.25, 0.3) is 5.91 Å². The summed E-state index contributed by atoms with van der Waals surface area (Å²) in [4.78, 5) is 17.0. The maximum Gasteiger partial charge on any atom is 0.268 e. The lowest BCUT2D eigenvalue weighted by atomic mass is 10.1. The Morgan fingerprint density at radius 1 is 1.03 bits per heavy atom. The predicted octanol–water partition coefficient (Wildman–Crippen LogP) is 4.84. The minimum absolute atomic E-state index is 0.197. The third kappa shape index (κ3) is 4.37. The fourth-order valence-electron chi connectivity index (χ4n) is 2.99. The highest BCUT2D eigenvalue weighted by atomic mass is 19.1. The number of nitrogens with zero attached hydrogens (tertiary/aromatic N) is 1. The number of halogens is 1. The van der Waals surface area contributed by atoms with Crippen molar-refractivity contribution in [2.45, 2.75) is 25.4 Å². The van der Waals surface area contributed by atoms with Crippen LogP contribution in [0, 0.1) is 5.82 Å². The zero-order valence-electron chi connectivity index (χ0n) is 16.0. The zero-order valence-corrected chi connectivity index (χ0v) is 16.0. The molecule has 2 aromatic carbocycles. The Hall–Kier alpha value is -3.41. The molecule has 3 aromatic rings. The minimum Gasteiger partial charge on any atom is -0.478 e. The third-order valence-corrected chi connectivity index (χ3v) is 4.75. The van der Waals surface area contributed by atoms with Crippen molar-refractivity contribution in [2.75, 3.05) is 11.9 Å². The van der Waals surface area contributed by atoms with Gasteiger partial charge in [0, 0.05) is 36.4 Å². The van der Waals surface area contributed by atoms with Crippen LogP contribution in [-0.2, 0) is 4.79 Å². The number of anilines is 1. The second kappa shape index (κ2) is 7.91. The number of benzene rings is 2. The number of carbonyl (C=O) groups is 1. The van der Waals surface area contributed by atoms with Gasteiger partial charge in [0.1, 0.15) is 11.6 Å². The van der Waals surface area contributed by atoms with Crippen LogP contribution in [0.1, 0.15) is 19.8 Å². The van der Waals surface area contributed by atoms with Gasteiger partial charge >= 0.3 is 0 Å². The van der Waals surface area contributed by atoms with E-state index in [0.29, 0.717) is 36.8 Å². The number of amides is 1. The van der Waals surface area contributed by atoms with E-state index in [4.69, 9.17) is 9.47 Å². The third-order valence-electron chi connectivity index (χ3n) is 4.75. The number of carbonyl (C=O) groups excluding carboxylic acids is 1. The number of ether oxygens (including phenoxy) is 2. The van der Waals surface area contributed by atoms with E-state index in [-0.39, 0.29) is 11.7 Å². The summed E-state index contributed by atoms with van der Waals surface area (Å²) in [5.41, 5.74) is 1.76. The van der Waals surface area contributed by atoms with Gasteiger partial charge < -0.3 is 14.8 Å². The summed E-state index contributed by atoms with van der Waals surface area (Å²) in [5.74, 6) is 0.542. The number of aromatic nitrogens is 1. The number of hydrogen-bond acceptors (Lipinski definition) is 4. The number of hydrogen-bond donors (Lipinski definition) is 1. The lowest BCUT2D eigenvalue weighted by Crippen LogP contribution is -2.35. The van der Waals surface area contributed by atoms with E-state index in [9.17, 15) is 9.18 Å². The van der Waals surface area contributed by atoms with E-state index < -0.39 is 5.60 Å². The molecule has 0 unspecified atom stereocenters. The Bertz CT molecular complexity index is 982. The van der Waals surface area contributed by atoms with Gasteiger partial charge in [-0.15, -0.1) is 0 Å². The molecule has 6 heteroatoms. The molecule has 1 aliphatic carbocycles. The Balaban J connectivity index is 1.40. The first-order chi connectivity index (χ1) is 14.1. The fraction of sp³-hybridized carbons (Fsp3) is 0.217. The van der Waals surface area contributed by atoms with E-state index in [0.717, 1.165) is 11.1 Å². The Morgan fingerprint density at radius 2 is 1.72 bits per heavy atom. The fourth-order valence-corrected chi connectivity index (χ4v) is 2.99. The summed E-state index contributed by atoms with van der Waals surface area (Å²) >= 11 is 0. The highest BCUT2D eigenvalue weighted by Crippen LogP contribution is 2.41. The molecule has 1 N–H and O–H groups in total. The topological polar surface area (TPSA) is 60.5 Å². The summed E-state index contributed by atoms with van der Waals surface area (Å²) in [7, 11) is 0. The number of pyridine rings is 1. The molecule has 1 aromatic heterocycles. The van der Waals surface area contributed by atoms with Gasteiger partial charge in [0.05, 0.1) is 6.61 Å². The summed E-state index contributed by atoms with van der Waals surface area (Å²) in [5, 5.41) is 2.91. The highest BCUT2D eigenvalue weighted by molar-refractivity contribution is 5.99. The van der Waals surface area contributed by atoms with Crippen molar-refractivity contribution >= 4 is 11.6 Å². The van der Waals surface area contributed by atoms with Gasteiger partial charge in [-0.3, -0.25) is 4.79 Å². The molecule has 0 saturated heterocycles. The second-order valence-electron chi connectivity index (χ2n) is 6.90. The van der Waals surface area contributed by atoms with Gasteiger partial charge in [-0.1, -0.05) is 12.1 Å². The maximum atomic E-state index is 13.0. The van der Waals surface area contributed by atoms with Crippen molar-refractivity contribution in [3.8, 4) is 22.8 Å². The zero-order chi connectivity index (χ0) is 20.3. The van der Waals surface area contributed by atoms with Crippen LogP contribution < -0.4 is 14.8 Å². The molecule has 0 radical (unpaired) electrons. The van der Waals surface area contributed by atoms with E-state index in [1.54, 1.807) is 6.20 Å². The lowest BCUT2D eigenvalue weighted by Gasteiger charge is -2.18. The molecular formula is C23H21FN2O3. The van der Waals surface area contributed by atoms with Crippen LogP contribution in [0.4, 0.5) is 10.1 Å². The highest BCUT2D eigenvalue weighted by Gasteiger charge is 2.53. The molecule has 1 fully saturated rings. The summed E-state index contributed by atoms with van der Waals surface area (Å²) < 4.78 is 24.2. The number of rotatable bonds is 7. The molecule has 0 aliphatic heterocycles. The molecule has 1 saturated carbocycles. The molecule has 0 atom stereocenters. The van der Waals surface area contributed by atoms with Crippen LogP contribution >= 0.6 is 0 Å². The van der Waals surface area contributed by atoms with Crippen molar-refractivity contribution < 1.29 is 18.7 Å². The van der Waals surface area contributed by atoms with Crippen LogP contribution in [0.2, 0.25) is 0 Å². The molecule has 4 rings (SSSR count). The molecule has 1 amide bonds. The van der Waals surface area contributed by atoms with Crippen LogP contribution in [0.3, 0.4) is 0 Å². The van der Waals surface area contributed by atoms with Crippen molar-refractivity contribution in [1.29, 1.82) is 0 Å². The first-order valence-electron chi connectivity index (χ1n) is 9.53. The van der Waals surface area contributed by atoms with E-state index in [1.165, 1.54) is 24.3 Å². The van der Waals surface area contributed by atoms with E-state index >= 15 is 0 Å². The normalized spacial score (nSPS) is 14.1. The molecule has 148 valence electrons. The molecule has 1 aliphatic rings. The molecule has 0 bridgehead atoms. The molecule has 1 heterocycles. The second-order valence-corrected chi connectivity index (χ2v) is 6.90. The molecular weight excluding hydrogens is 371 g/mol. The van der Waals surface area contributed by atoms with Gasteiger partial charge in [-0.05, 0) is 55.0 Å². The molecule has 5 nitrogen and oxygen atoms in total. The molecule has 0 spiro atoms. The van der Waals surface area contributed by atoms with Crippen molar-refractivity contribution in [3.63, 3.8) is 0 Å². The quantitative estimate of drug-likeness (QED) is 0.625. The van der Waals surface area contributed by atoms with Gasteiger partial charge in [-0.25, -0.2) is 9.37 Å². The summed E-state index contributed by atoms with van der Waals surface area (Å²) in [6.07, 6.45) is 3.02.